The van der Waals surface area contributed by atoms with Crippen LogP contribution in [0.3, 0.4) is 0 Å². The third-order valence-electron chi connectivity index (χ3n) is 3.89. The molecule has 0 radical (unpaired) electrons. The second-order valence-corrected chi connectivity index (χ2v) is 6.08. The molecule has 1 aromatic heterocycles. The van der Waals surface area contributed by atoms with Gasteiger partial charge in [-0.05, 0) is 36.2 Å². The Balaban J connectivity index is 2.14. The fourth-order valence-electron chi connectivity index (χ4n) is 2.85. The molecular weight excluding hydrogens is 302 g/mol. The van der Waals surface area contributed by atoms with E-state index >= 15 is 0 Å². The number of aryl methyl sites for hydroxylation is 1. The average molecular weight is 321 g/mol. The topological polar surface area (TPSA) is 40.8 Å². The summed E-state index contributed by atoms with van der Waals surface area (Å²) >= 11 is 1.60. The number of aromatic nitrogens is 1. The maximum atomic E-state index is 8.96. The molecule has 1 N–H and O–H groups in total. The second kappa shape index (κ2) is 6.80. The third-order valence-corrected chi connectivity index (χ3v) is 4.33. The first-order valence-corrected chi connectivity index (χ1v) is 8.91. The summed E-state index contributed by atoms with van der Waals surface area (Å²) in [5, 5.41) is 10.2. The van der Waals surface area contributed by atoms with Crippen molar-refractivity contribution >= 4 is 28.5 Å². The van der Waals surface area contributed by atoms with Crippen LogP contribution in [0, 0.1) is 11.3 Å². The van der Waals surface area contributed by atoms with E-state index in [9.17, 15) is 0 Å². The molecule has 0 unspecified atom stereocenters. The predicted octanol–water partition coefficient (Wildman–Crippen LogP) is 5.28. The number of fused-ring (bicyclic) bond motifs is 1. The van der Waals surface area contributed by atoms with Crippen molar-refractivity contribution in [3.05, 3.63) is 54.2 Å². The van der Waals surface area contributed by atoms with Crippen LogP contribution in [0.15, 0.2) is 48.7 Å². The van der Waals surface area contributed by atoms with E-state index in [2.05, 4.69) is 46.7 Å². The molecule has 116 valence electrons. The molecule has 0 amide bonds. The van der Waals surface area contributed by atoms with Crippen LogP contribution in [0.25, 0.3) is 22.0 Å². The van der Waals surface area contributed by atoms with Crippen LogP contribution in [0.5, 0.6) is 0 Å². The lowest BCUT2D eigenvalue weighted by atomic mass is 10.0. The number of benzene rings is 2. The SMILES string of the molecule is CCCn1cc(-c2ccc(C#N)cc2)c2ccc(NSC)cc21. The van der Waals surface area contributed by atoms with Crippen LogP contribution in [0.2, 0.25) is 0 Å². The minimum Gasteiger partial charge on any atom is -0.347 e. The molecule has 0 saturated carbocycles. The zero-order valence-corrected chi connectivity index (χ0v) is 14.2. The van der Waals surface area contributed by atoms with Crippen molar-refractivity contribution in [1.82, 2.24) is 4.57 Å². The Kier molecular flexibility index (Phi) is 4.59. The molecule has 0 bridgehead atoms. The fourth-order valence-corrected chi connectivity index (χ4v) is 3.22. The summed E-state index contributed by atoms with van der Waals surface area (Å²) in [5.74, 6) is 0. The van der Waals surface area contributed by atoms with Gasteiger partial charge in [-0.25, -0.2) is 0 Å². The number of nitrogens with zero attached hydrogens (tertiary/aromatic N) is 2. The highest BCUT2D eigenvalue weighted by atomic mass is 32.2. The summed E-state index contributed by atoms with van der Waals surface area (Å²) in [5.41, 5.74) is 5.41. The molecule has 23 heavy (non-hydrogen) atoms. The highest BCUT2D eigenvalue weighted by Crippen LogP contribution is 2.33. The Morgan fingerprint density at radius 3 is 2.61 bits per heavy atom. The molecule has 0 aliphatic heterocycles. The number of nitrogens with one attached hydrogen (secondary N) is 1. The summed E-state index contributed by atoms with van der Waals surface area (Å²) in [4.78, 5) is 0. The van der Waals surface area contributed by atoms with Gasteiger partial charge in [-0.3, -0.25) is 0 Å². The highest BCUT2D eigenvalue weighted by Gasteiger charge is 2.11. The van der Waals surface area contributed by atoms with Gasteiger partial charge >= 0.3 is 0 Å². The lowest BCUT2D eigenvalue weighted by Crippen LogP contribution is -1.94. The van der Waals surface area contributed by atoms with Crippen molar-refractivity contribution in [3.8, 4) is 17.2 Å². The summed E-state index contributed by atoms with van der Waals surface area (Å²) in [6.07, 6.45) is 5.34. The van der Waals surface area contributed by atoms with E-state index in [1.54, 1.807) is 11.9 Å². The van der Waals surface area contributed by atoms with Crippen molar-refractivity contribution in [2.75, 3.05) is 11.0 Å². The van der Waals surface area contributed by atoms with Crippen LogP contribution < -0.4 is 4.72 Å². The minimum absolute atomic E-state index is 0.692. The van der Waals surface area contributed by atoms with Gasteiger partial charge in [-0.15, -0.1) is 0 Å². The molecule has 0 aliphatic carbocycles. The molecule has 3 nitrogen and oxygen atoms in total. The van der Waals surface area contributed by atoms with E-state index in [-0.39, 0.29) is 0 Å². The average Bonchev–Trinajstić information content (AvgIpc) is 2.94. The van der Waals surface area contributed by atoms with Gasteiger partial charge in [0.1, 0.15) is 0 Å². The molecule has 3 aromatic rings. The summed E-state index contributed by atoms with van der Waals surface area (Å²) in [7, 11) is 0. The van der Waals surface area contributed by atoms with Crippen LogP contribution in [-0.2, 0) is 6.54 Å². The monoisotopic (exact) mass is 321 g/mol. The maximum Gasteiger partial charge on any atom is 0.0991 e. The van der Waals surface area contributed by atoms with E-state index in [4.69, 9.17) is 5.26 Å². The van der Waals surface area contributed by atoms with Crippen molar-refractivity contribution in [2.24, 2.45) is 0 Å². The minimum atomic E-state index is 0.692. The van der Waals surface area contributed by atoms with Gasteiger partial charge in [-0.1, -0.05) is 37.1 Å². The first-order valence-electron chi connectivity index (χ1n) is 7.69. The van der Waals surface area contributed by atoms with Crippen LogP contribution in [0.1, 0.15) is 18.9 Å². The molecule has 4 heteroatoms. The van der Waals surface area contributed by atoms with Gasteiger partial charge < -0.3 is 9.29 Å². The quantitative estimate of drug-likeness (QED) is 0.650. The summed E-state index contributed by atoms with van der Waals surface area (Å²) in [6.45, 7) is 3.19. The standard InChI is InChI=1S/C19H19N3S/c1-3-10-22-13-18(15-6-4-14(12-20)5-7-15)17-9-8-16(21-23-2)11-19(17)22/h4-9,11,13,21H,3,10H2,1-2H3. The maximum absolute atomic E-state index is 8.96. The van der Waals surface area contributed by atoms with Gasteiger partial charge in [0.2, 0.25) is 0 Å². The van der Waals surface area contributed by atoms with Crippen molar-refractivity contribution in [2.45, 2.75) is 19.9 Å². The Hall–Kier alpha value is -2.38. The van der Waals surface area contributed by atoms with Crippen LogP contribution in [-0.4, -0.2) is 10.8 Å². The molecule has 0 fully saturated rings. The Morgan fingerprint density at radius 1 is 1.17 bits per heavy atom. The van der Waals surface area contributed by atoms with Crippen molar-refractivity contribution in [1.29, 1.82) is 5.26 Å². The van der Waals surface area contributed by atoms with Crippen LogP contribution in [0.4, 0.5) is 5.69 Å². The molecule has 0 aliphatic rings. The second-order valence-electron chi connectivity index (χ2n) is 5.46. The highest BCUT2D eigenvalue weighted by molar-refractivity contribution is 7.99. The third kappa shape index (κ3) is 3.06. The summed E-state index contributed by atoms with van der Waals surface area (Å²) < 4.78 is 5.61. The molecule has 0 atom stereocenters. The first kappa shape index (κ1) is 15.5. The molecule has 0 spiro atoms. The number of rotatable bonds is 5. The lowest BCUT2D eigenvalue weighted by Gasteiger charge is -2.06. The fraction of sp³-hybridized carbons (Fsp3) is 0.211. The normalized spacial score (nSPS) is 10.7. The van der Waals surface area contributed by atoms with Gasteiger partial charge in [0.25, 0.3) is 0 Å². The first-order chi connectivity index (χ1) is 11.3. The van der Waals surface area contributed by atoms with E-state index < -0.39 is 0 Å². The predicted molar refractivity (Wildman–Crippen MR) is 99.5 cm³/mol. The molecular formula is C19H19N3S. The van der Waals surface area contributed by atoms with Crippen molar-refractivity contribution < 1.29 is 0 Å². The van der Waals surface area contributed by atoms with E-state index in [1.165, 1.54) is 16.5 Å². The van der Waals surface area contributed by atoms with E-state index in [0.29, 0.717) is 5.56 Å². The smallest absolute Gasteiger partial charge is 0.0991 e. The molecule has 3 rings (SSSR count). The van der Waals surface area contributed by atoms with Gasteiger partial charge in [-0.2, -0.15) is 5.26 Å². The largest absolute Gasteiger partial charge is 0.347 e. The van der Waals surface area contributed by atoms with Gasteiger partial charge in [0.15, 0.2) is 0 Å². The Bertz CT molecular complexity index is 857. The van der Waals surface area contributed by atoms with Crippen LogP contribution >= 0.6 is 11.9 Å². The summed E-state index contributed by atoms with van der Waals surface area (Å²) in [6, 6.07) is 16.5. The Morgan fingerprint density at radius 2 is 1.96 bits per heavy atom. The molecule has 1 heterocycles. The number of anilines is 1. The Labute approximate surface area is 141 Å². The number of nitriles is 1. The van der Waals surface area contributed by atoms with E-state index in [1.807, 2.05) is 30.5 Å². The number of hydrogen-bond acceptors (Lipinski definition) is 3. The van der Waals surface area contributed by atoms with Gasteiger partial charge in [0.05, 0.1) is 17.1 Å². The zero-order chi connectivity index (χ0) is 16.2. The van der Waals surface area contributed by atoms with Gasteiger partial charge in [0, 0.05) is 35.6 Å². The van der Waals surface area contributed by atoms with E-state index in [0.717, 1.165) is 24.2 Å². The molecule has 0 saturated heterocycles. The molecule has 2 aromatic carbocycles. The zero-order valence-electron chi connectivity index (χ0n) is 13.3. The lowest BCUT2D eigenvalue weighted by molar-refractivity contribution is 0.704. The number of hydrogen-bond donors (Lipinski definition) is 1. The van der Waals surface area contributed by atoms with Crippen molar-refractivity contribution in [3.63, 3.8) is 0 Å².